The van der Waals surface area contributed by atoms with Crippen LogP contribution in [0.4, 0.5) is 5.82 Å². The van der Waals surface area contributed by atoms with Gasteiger partial charge >= 0.3 is 5.97 Å². The highest BCUT2D eigenvalue weighted by molar-refractivity contribution is 6.10. The number of carbonyl (C=O) groups is 2. The van der Waals surface area contributed by atoms with Crippen molar-refractivity contribution in [2.45, 2.75) is 12.8 Å². The maximum Gasteiger partial charge on any atom is 0.319 e. The number of aliphatic carboxylic acids is 1. The van der Waals surface area contributed by atoms with Gasteiger partial charge in [0.2, 0.25) is 5.91 Å². The molecule has 1 aromatic heterocycles. The van der Waals surface area contributed by atoms with Crippen molar-refractivity contribution in [3.63, 3.8) is 0 Å². The SMILES string of the molecule is O=C(O)C1(C(=O)Nc2ccc[nH]2)CC1. The number of hydrogen-bond acceptors (Lipinski definition) is 2. The van der Waals surface area contributed by atoms with Gasteiger partial charge in [0.05, 0.1) is 0 Å². The largest absolute Gasteiger partial charge is 0.480 e. The van der Waals surface area contributed by atoms with Gasteiger partial charge in [-0.25, -0.2) is 0 Å². The Kier molecular flexibility index (Phi) is 1.80. The molecule has 2 rings (SSSR count). The van der Waals surface area contributed by atoms with Crippen molar-refractivity contribution in [3.8, 4) is 0 Å². The number of hydrogen-bond donors (Lipinski definition) is 3. The van der Waals surface area contributed by atoms with Gasteiger partial charge in [-0.2, -0.15) is 0 Å². The molecule has 1 saturated carbocycles. The molecule has 0 radical (unpaired) electrons. The number of amides is 1. The molecule has 0 aromatic carbocycles. The van der Waals surface area contributed by atoms with Gasteiger partial charge in [-0.3, -0.25) is 9.59 Å². The van der Waals surface area contributed by atoms with E-state index in [9.17, 15) is 9.59 Å². The second-order valence-electron chi connectivity index (χ2n) is 3.43. The van der Waals surface area contributed by atoms with Crippen LogP contribution in [0.1, 0.15) is 12.8 Å². The Bertz CT molecular complexity index is 365. The lowest BCUT2D eigenvalue weighted by Crippen LogP contribution is -2.31. The molecule has 0 aliphatic heterocycles. The summed E-state index contributed by atoms with van der Waals surface area (Å²) in [5.74, 6) is -0.948. The number of H-pyrrole nitrogens is 1. The number of rotatable bonds is 3. The molecule has 0 bridgehead atoms. The van der Waals surface area contributed by atoms with Crippen LogP contribution in [0.2, 0.25) is 0 Å². The van der Waals surface area contributed by atoms with Crippen LogP contribution in [0.15, 0.2) is 18.3 Å². The summed E-state index contributed by atoms with van der Waals surface area (Å²) in [6.07, 6.45) is 2.51. The van der Waals surface area contributed by atoms with E-state index in [-0.39, 0.29) is 0 Å². The monoisotopic (exact) mass is 194 g/mol. The third-order valence-electron chi connectivity index (χ3n) is 2.44. The molecule has 1 aliphatic rings. The lowest BCUT2D eigenvalue weighted by atomic mass is 10.1. The first-order valence-corrected chi connectivity index (χ1v) is 4.33. The third kappa shape index (κ3) is 1.26. The van der Waals surface area contributed by atoms with Crippen LogP contribution in [0.5, 0.6) is 0 Å². The molecule has 1 amide bonds. The molecular formula is C9H10N2O3. The molecule has 14 heavy (non-hydrogen) atoms. The van der Waals surface area contributed by atoms with Crippen molar-refractivity contribution in [2.24, 2.45) is 5.41 Å². The van der Waals surface area contributed by atoms with E-state index >= 15 is 0 Å². The fourth-order valence-corrected chi connectivity index (χ4v) is 1.31. The number of carboxylic acids is 1. The van der Waals surface area contributed by atoms with E-state index in [1.165, 1.54) is 0 Å². The average Bonchev–Trinajstić information content (AvgIpc) is 2.81. The Morgan fingerprint density at radius 2 is 2.21 bits per heavy atom. The first-order chi connectivity index (χ1) is 6.65. The van der Waals surface area contributed by atoms with Gasteiger partial charge in [-0.05, 0) is 25.0 Å². The van der Waals surface area contributed by atoms with Crippen molar-refractivity contribution >= 4 is 17.7 Å². The number of carbonyl (C=O) groups excluding carboxylic acids is 1. The topological polar surface area (TPSA) is 82.2 Å². The van der Waals surface area contributed by atoms with E-state index in [1.807, 2.05) is 0 Å². The molecule has 0 spiro atoms. The van der Waals surface area contributed by atoms with E-state index in [0.717, 1.165) is 0 Å². The lowest BCUT2D eigenvalue weighted by molar-refractivity contribution is -0.147. The smallest absolute Gasteiger partial charge is 0.319 e. The molecule has 0 saturated heterocycles. The highest BCUT2D eigenvalue weighted by Gasteiger charge is 2.57. The van der Waals surface area contributed by atoms with Crippen molar-refractivity contribution in [2.75, 3.05) is 5.32 Å². The summed E-state index contributed by atoms with van der Waals surface area (Å²) in [6.45, 7) is 0. The van der Waals surface area contributed by atoms with E-state index in [2.05, 4.69) is 10.3 Å². The van der Waals surface area contributed by atoms with Gasteiger partial charge in [0.1, 0.15) is 11.2 Å². The third-order valence-corrected chi connectivity index (χ3v) is 2.44. The zero-order valence-electron chi connectivity index (χ0n) is 7.41. The predicted octanol–water partition coefficient (Wildman–Crippen LogP) is 0.818. The molecular weight excluding hydrogens is 184 g/mol. The predicted molar refractivity (Wildman–Crippen MR) is 48.7 cm³/mol. The average molecular weight is 194 g/mol. The summed E-state index contributed by atoms with van der Waals surface area (Å²) in [5.41, 5.74) is -1.18. The number of aromatic nitrogens is 1. The van der Waals surface area contributed by atoms with Gasteiger partial charge in [0.25, 0.3) is 0 Å². The maximum atomic E-state index is 11.5. The molecule has 1 aromatic rings. The van der Waals surface area contributed by atoms with Crippen LogP contribution in [-0.2, 0) is 9.59 Å². The molecule has 1 fully saturated rings. The Morgan fingerprint density at radius 1 is 1.50 bits per heavy atom. The van der Waals surface area contributed by atoms with Crippen molar-refractivity contribution in [1.29, 1.82) is 0 Å². The fourth-order valence-electron chi connectivity index (χ4n) is 1.31. The summed E-state index contributed by atoms with van der Waals surface area (Å²) >= 11 is 0. The quantitative estimate of drug-likeness (QED) is 0.623. The minimum absolute atomic E-state index is 0.425. The second-order valence-corrected chi connectivity index (χ2v) is 3.43. The number of anilines is 1. The van der Waals surface area contributed by atoms with Gasteiger partial charge < -0.3 is 15.4 Å². The van der Waals surface area contributed by atoms with Crippen LogP contribution in [0.25, 0.3) is 0 Å². The van der Waals surface area contributed by atoms with Crippen molar-refractivity contribution in [3.05, 3.63) is 18.3 Å². The lowest BCUT2D eigenvalue weighted by Gasteiger charge is -2.08. The van der Waals surface area contributed by atoms with Gasteiger partial charge in [0.15, 0.2) is 0 Å². The second kappa shape index (κ2) is 2.87. The maximum absolute atomic E-state index is 11.5. The summed E-state index contributed by atoms with van der Waals surface area (Å²) < 4.78 is 0. The van der Waals surface area contributed by atoms with Crippen LogP contribution in [0, 0.1) is 5.41 Å². The van der Waals surface area contributed by atoms with Crippen LogP contribution in [-0.4, -0.2) is 22.0 Å². The zero-order valence-corrected chi connectivity index (χ0v) is 7.41. The number of aromatic amines is 1. The normalized spacial score (nSPS) is 17.4. The molecule has 1 aliphatic carbocycles. The number of nitrogens with one attached hydrogen (secondary N) is 2. The van der Waals surface area contributed by atoms with Crippen molar-refractivity contribution in [1.82, 2.24) is 4.98 Å². The van der Waals surface area contributed by atoms with Crippen LogP contribution in [0.3, 0.4) is 0 Å². The number of carboxylic acid groups (broad SMARTS) is 1. The van der Waals surface area contributed by atoms with E-state index < -0.39 is 17.3 Å². The van der Waals surface area contributed by atoms with Crippen LogP contribution >= 0.6 is 0 Å². The molecule has 1 heterocycles. The first kappa shape index (κ1) is 8.80. The molecule has 74 valence electrons. The van der Waals surface area contributed by atoms with Crippen molar-refractivity contribution < 1.29 is 14.7 Å². The minimum atomic E-state index is -1.18. The zero-order chi connectivity index (χ0) is 10.2. The van der Waals surface area contributed by atoms with E-state index in [0.29, 0.717) is 18.7 Å². The molecule has 0 atom stereocenters. The summed E-state index contributed by atoms with van der Waals surface area (Å²) in [4.78, 5) is 25.1. The van der Waals surface area contributed by atoms with Gasteiger partial charge in [0, 0.05) is 6.20 Å². The standard InChI is InChI=1S/C9H10N2O3/c12-7(9(3-4-9)8(13)14)11-6-2-1-5-10-6/h1-2,5,10H,3-4H2,(H,11,12)(H,13,14). The van der Waals surface area contributed by atoms with Gasteiger partial charge in [-0.15, -0.1) is 0 Å². The van der Waals surface area contributed by atoms with Crippen LogP contribution < -0.4 is 5.32 Å². The summed E-state index contributed by atoms with van der Waals surface area (Å²) in [5, 5.41) is 11.4. The van der Waals surface area contributed by atoms with E-state index in [4.69, 9.17) is 5.11 Å². The molecule has 0 unspecified atom stereocenters. The fraction of sp³-hybridized carbons (Fsp3) is 0.333. The molecule has 5 heteroatoms. The summed E-state index contributed by atoms with van der Waals surface area (Å²) in [6, 6.07) is 3.41. The molecule has 5 nitrogen and oxygen atoms in total. The highest BCUT2D eigenvalue weighted by atomic mass is 16.4. The highest BCUT2D eigenvalue weighted by Crippen LogP contribution is 2.46. The Balaban J connectivity index is 2.07. The van der Waals surface area contributed by atoms with E-state index in [1.54, 1.807) is 18.3 Å². The molecule has 3 N–H and O–H groups in total. The Hall–Kier alpha value is -1.78. The first-order valence-electron chi connectivity index (χ1n) is 4.33. The Labute approximate surface area is 80.1 Å². The van der Waals surface area contributed by atoms with Gasteiger partial charge in [-0.1, -0.05) is 0 Å². The Morgan fingerprint density at radius 3 is 2.64 bits per heavy atom. The summed E-state index contributed by atoms with van der Waals surface area (Å²) in [7, 11) is 0. The minimum Gasteiger partial charge on any atom is -0.480 e.